The van der Waals surface area contributed by atoms with Crippen LogP contribution < -0.4 is 10.1 Å². The molecule has 0 aromatic heterocycles. The zero-order chi connectivity index (χ0) is 14.4. The van der Waals surface area contributed by atoms with Gasteiger partial charge in [-0.3, -0.25) is 4.79 Å². The van der Waals surface area contributed by atoms with Crippen molar-refractivity contribution in [2.75, 3.05) is 6.61 Å². The summed E-state index contributed by atoms with van der Waals surface area (Å²) in [6.45, 7) is 5.56. The molecule has 0 saturated heterocycles. The first kappa shape index (κ1) is 16.0. The molecule has 2 unspecified atom stereocenters. The number of carbonyl (C=O) groups is 1. The van der Waals surface area contributed by atoms with Crippen LogP contribution in [0.2, 0.25) is 0 Å². The van der Waals surface area contributed by atoms with Crippen molar-refractivity contribution in [1.29, 1.82) is 0 Å². The molecule has 2 atom stereocenters. The summed E-state index contributed by atoms with van der Waals surface area (Å²) in [5.41, 5.74) is 0.658. The molecule has 0 aliphatic rings. The Morgan fingerprint density at radius 1 is 1.47 bits per heavy atom. The molecule has 1 amide bonds. The molecule has 2 N–H and O–H groups in total. The van der Waals surface area contributed by atoms with E-state index < -0.39 is 6.10 Å². The highest BCUT2D eigenvalue weighted by atomic mass is 79.9. The third-order valence-electron chi connectivity index (χ3n) is 2.80. The van der Waals surface area contributed by atoms with E-state index in [9.17, 15) is 9.90 Å². The fraction of sp³-hybridized carbons (Fsp3) is 0.500. The highest BCUT2D eigenvalue weighted by Gasteiger charge is 2.12. The van der Waals surface area contributed by atoms with Crippen molar-refractivity contribution in [3.63, 3.8) is 0 Å². The van der Waals surface area contributed by atoms with E-state index in [2.05, 4.69) is 21.2 Å². The van der Waals surface area contributed by atoms with Crippen LogP contribution in [0.5, 0.6) is 5.75 Å². The lowest BCUT2D eigenvalue weighted by atomic mass is 10.1. The van der Waals surface area contributed by atoms with E-state index in [1.54, 1.807) is 19.1 Å². The fourth-order valence-electron chi connectivity index (χ4n) is 1.54. The Morgan fingerprint density at radius 2 is 2.16 bits per heavy atom. The molecule has 106 valence electrons. The van der Waals surface area contributed by atoms with E-state index in [0.29, 0.717) is 11.3 Å². The van der Waals surface area contributed by atoms with Crippen LogP contribution in [0.1, 0.15) is 38.9 Å². The van der Waals surface area contributed by atoms with Gasteiger partial charge in [0.2, 0.25) is 0 Å². The predicted molar refractivity (Wildman–Crippen MR) is 78.2 cm³/mol. The predicted octanol–water partition coefficient (Wildman–Crippen LogP) is 2.80. The molecular weight excluding hydrogens is 310 g/mol. The van der Waals surface area contributed by atoms with Crippen molar-refractivity contribution in [1.82, 2.24) is 5.32 Å². The third kappa shape index (κ3) is 5.20. The fourth-order valence-corrected chi connectivity index (χ4v) is 1.92. The zero-order valence-electron chi connectivity index (χ0n) is 11.4. The molecule has 0 heterocycles. The maximum absolute atomic E-state index is 11.6. The van der Waals surface area contributed by atoms with Crippen LogP contribution >= 0.6 is 15.9 Å². The van der Waals surface area contributed by atoms with E-state index in [0.717, 1.165) is 10.9 Å². The number of hydrogen-bond donors (Lipinski definition) is 2. The van der Waals surface area contributed by atoms with Crippen LogP contribution in [0, 0.1) is 0 Å². The van der Waals surface area contributed by atoms with Crippen molar-refractivity contribution < 1.29 is 14.6 Å². The van der Waals surface area contributed by atoms with Crippen molar-refractivity contribution in [3.05, 3.63) is 28.2 Å². The highest BCUT2D eigenvalue weighted by Crippen LogP contribution is 2.28. The van der Waals surface area contributed by atoms with E-state index in [1.165, 1.54) is 0 Å². The normalized spacial score (nSPS) is 13.7. The molecule has 1 aromatic rings. The quantitative estimate of drug-likeness (QED) is 0.843. The average molecular weight is 330 g/mol. The van der Waals surface area contributed by atoms with Crippen LogP contribution in [-0.2, 0) is 4.79 Å². The highest BCUT2D eigenvalue weighted by molar-refractivity contribution is 9.10. The molecule has 0 aliphatic carbocycles. The van der Waals surface area contributed by atoms with Gasteiger partial charge < -0.3 is 15.2 Å². The minimum atomic E-state index is -0.648. The van der Waals surface area contributed by atoms with Gasteiger partial charge in [0.05, 0.1) is 6.10 Å². The second kappa shape index (κ2) is 7.50. The molecule has 0 saturated carbocycles. The first-order valence-electron chi connectivity index (χ1n) is 6.33. The molecule has 0 fully saturated rings. The summed E-state index contributed by atoms with van der Waals surface area (Å²) in [6.07, 6.45) is 0.230. The largest absolute Gasteiger partial charge is 0.483 e. The number of benzene rings is 1. The molecule has 0 aliphatic heterocycles. The molecular formula is C14H20BrNO3. The Labute approximate surface area is 122 Å². The second-order valence-electron chi connectivity index (χ2n) is 4.52. The van der Waals surface area contributed by atoms with Gasteiger partial charge in [-0.05, 0) is 38.5 Å². The summed E-state index contributed by atoms with van der Waals surface area (Å²) >= 11 is 3.34. The number of amides is 1. The van der Waals surface area contributed by atoms with Gasteiger partial charge in [-0.1, -0.05) is 22.9 Å². The number of hydrogen-bond acceptors (Lipinski definition) is 3. The van der Waals surface area contributed by atoms with E-state index in [-0.39, 0.29) is 18.6 Å². The Bertz CT molecular complexity index is 435. The van der Waals surface area contributed by atoms with Gasteiger partial charge >= 0.3 is 0 Å². The molecule has 0 bridgehead atoms. The smallest absolute Gasteiger partial charge is 0.258 e. The molecule has 1 rings (SSSR count). The summed E-state index contributed by atoms with van der Waals surface area (Å²) in [5.74, 6) is 0.367. The lowest BCUT2D eigenvalue weighted by Gasteiger charge is -2.15. The summed E-state index contributed by atoms with van der Waals surface area (Å²) in [6, 6.07) is 5.47. The number of rotatable bonds is 6. The number of carbonyl (C=O) groups excluding carboxylic acids is 1. The van der Waals surface area contributed by atoms with Gasteiger partial charge in [0, 0.05) is 16.1 Å². The third-order valence-corrected chi connectivity index (χ3v) is 3.29. The van der Waals surface area contributed by atoms with E-state index >= 15 is 0 Å². The van der Waals surface area contributed by atoms with Crippen LogP contribution in [-0.4, -0.2) is 23.7 Å². The summed E-state index contributed by atoms with van der Waals surface area (Å²) in [7, 11) is 0. The monoisotopic (exact) mass is 329 g/mol. The molecule has 0 radical (unpaired) electrons. The topological polar surface area (TPSA) is 58.6 Å². The summed E-state index contributed by atoms with van der Waals surface area (Å²) in [5, 5.41) is 12.5. The van der Waals surface area contributed by atoms with E-state index in [1.807, 2.05) is 19.9 Å². The first-order chi connectivity index (χ1) is 8.93. The zero-order valence-corrected chi connectivity index (χ0v) is 13.0. The Balaban J connectivity index is 2.65. The van der Waals surface area contributed by atoms with Crippen molar-refractivity contribution in [3.8, 4) is 5.75 Å². The molecule has 0 spiro atoms. The Morgan fingerprint density at radius 3 is 2.74 bits per heavy atom. The first-order valence-corrected chi connectivity index (χ1v) is 7.13. The number of ether oxygens (including phenoxy) is 1. The molecule has 19 heavy (non-hydrogen) atoms. The maximum atomic E-state index is 11.6. The maximum Gasteiger partial charge on any atom is 0.258 e. The van der Waals surface area contributed by atoms with E-state index in [4.69, 9.17) is 4.74 Å². The summed E-state index contributed by atoms with van der Waals surface area (Å²) in [4.78, 5) is 11.6. The standard InChI is InChI=1S/C14H20BrNO3/c1-4-9(2)16-14(18)8-19-13-6-5-11(15)7-12(13)10(3)17/h5-7,9-10,17H,4,8H2,1-3H3,(H,16,18). The Hall–Kier alpha value is -1.07. The Kier molecular flexibility index (Phi) is 6.31. The lowest BCUT2D eigenvalue weighted by molar-refractivity contribution is -0.123. The van der Waals surface area contributed by atoms with Crippen molar-refractivity contribution in [2.45, 2.75) is 39.3 Å². The van der Waals surface area contributed by atoms with Gasteiger partial charge in [0.1, 0.15) is 5.75 Å². The minimum absolute atomic E-state index is 0.0499. The van der Waals surface area contributed by atoms with Gasteiger partial charge in [-0.15, -0.1) is 0 Å². The number of halogens is 1. The SMILES string of the molecule is CCC(C)NC(=O)COc1ccc(Br)cc1C(C)O. The number of aliphatic hydroxyl groups excluding tert-OH is 1. The molecule has 1 aromatic carbocycles. The van der Waals surface area contributed by atoms with Gasteiger partial charge in [0.15, 0.2) is 6.61 Å². The van der Waals surface area contributed by atoms with Gasteiger partial charge in [-0.25, -0.2) is 0 Å². The van der Waals surface area contributed by atoms with Crippen molar-refractivity contribution >= 4 is 21.8 Å². The lowest BCUT2D eigenvalue weighted by Crippen LogP contribution is -2.35. The van der Waals surface area contributed by atoms with Crippen LogP contribution in [0.3, 0.4) is 0 Å². The number of aliphatic hydroxyl groups is 1. The average Bonchev–Trinajstić information content (AvgIpc) is 2.36. The van der Waals surface area contributed by atoms with Crippen LogP contribution in [0.4, 0.5) is 0 Å². The minimum Gasteiger partial charge on any atom is -0.483 e. The van der Waals surface area contributed by atoms with Crippen molar-refractivity contribution in [2.24, 2.45) is 0 Å². The summed E-state index contributed by atoms with van der Waals surface area (Å²) < 4.78 is 6.33. The van der Waals surface area contributed by atoms with Gasteiger partial charge in [-0.2, -0.15) is 0 Å². The second-order valence-corrected chi connectivity index (χ2v) is 5.44. The number of nitrogens with one attached hydrogen (secondary N) is 1. The van der Waals surface area contributed by atoms with Crippen LogP contribution in [0.25, 0.3) is 0 Å². The molecule has 5 heteroatoms. The molecule has 4 nitrogen and oxygen atoms in total. The van der Waals surface area contributed by atoms with Gasteiger partial charge in [0.25, 0.3) is 5.91 Å². The van der Waals surface area contributed by atoms with Crippen LogP contribution in [0.15, 0.2) is 22.7 Å².